The second-order valence-electron chi connectivity index (χ2n) is 3.24. The first-order valence-electron chi connectivity index (χ1n) is 4.45. The van der Waals surface area contributed by atoms with Crippen molar-refractivity contribution in [2.75, 3.05) is 7.11 Å². The third-order valence-corrected chi connectivity index (χ3v) is 2.13. The summed E-state index contributed by atoms with van der Waals surface area (Å²) < 4.78 is 5.07. The van der Waals surface area contributed by atoms with Gasteiger partial charge in [-0.3, -0.25) is 0 Å². The Kier molecular flexibility index (Phi) is 2.14. The Hall–Kier alpha value is -1.16. The highest BCUT2D eigenvalue weighted by Gasteiger charge is 2.27. The van der Waals surface area contributed by atoms with Gasteiger partial charge in [0, 0.05) is 18.5 Å². The summed E-state index contributed by atoms with van der Waals surface area (Å²) in [7, 11) is 1.61. The number of ether oxygens (including phenoxy) is 1. The lowest BCUT2D eigenvalue weighted by molar-refractivity contribution is 0.393. The van der Waals surface area contributed by atoms with Gasteiger partial charge in [-0.1, -0.05) is 0 Å². The van der Waals surface area contributed by atoms with E-state index >= 15 is 0 Å². The van der Waals surface area contributed by atoms with Crippen LogP contribution >= 0.6 is 0 Å². The maximum Gasteiger partial charge on any atom is 0.216 e. The molecule has 0 aromatic carbocycles. The fraction of sp³-hybridized carbons (Fsp3) is 0.556. The van der Waals surface area contributed by atoms with E-state index in [1.165, 1.54) is 12.8 Å². The van der Waals surface area contributed by atoms with Crippen molar-refractivity contribution >= 4 is 0 Å². The number of aromatic nitrogens is 2. The van der Waals surface area contributed by atoms with Crippen LogP contribution in [0.4, 0.5) is 0 Å². The molecule has 1 aromatic heterocycles. The van der Waals surface area contributed by atoms with Crippen molar-refractivity contribution in [1.29, 1.82) is 0 Å². The van der Waals surface area contributed by atoms with Crippen LogP contribution in [0.5, 0.6) is 5.88 Å². The first-order valence-corrected chi connectivity index (χ1v) is 4.45. The molecule has 0 aliphatic heterocycles. The minimum absolute atomic E-state index is 0.443. The molecule has 1 saturated carbocycles. The van der Waals surface area contributed by atoms with Gasteiger partial charge < -0.3 is 10.5 Å². The molecule has 4 heteroatoms. The maximum absolute atomic E-state index is 5.52. The summed E-state index contributed by atoms with van der Waals surface area (Å²) >= 11 is 0. The van der Waals surface area contributed by atoms with E-state index in [1.807, 2.05) is 0 Å². The predicted octanol–water partition coefficient (Wildman–Crippen LogP) is 0.821. The summed E-state index contributed by atoms with van der Waals surface area (Å²) in [4.78, 5) is 8.62. The number of nitrogens with two attached hydrogens (primary N) is 1. The monoisotopic (exact) mass is 179 g/mol. The summed E-state index contributed by atoms with van der Waals surface area (Å²) in [5.74, 6) is 2.05. The Bertz CT molecular complexity index is 287. The molecule has 1 heterocycles. The molecule has 70 valence electrons. The molecule has 2 rings (SSSR count). The summed E-state index contributed by atoms with van der Waals surface area (Å²) in [5.41, 5.74) is 6.37. The van der Waals surface area contributed by atoms with Crippen molar-refractivity contribution in [2.45, 2.75) is 25.3 Å². The Morgan fingerprint density at radius 1 is 1.54 bits per heavy atom. The van der Waals surface area contributed by atoms with Gasteiger partial charge in [-0.2, -0.15) is 4.98 Å². The number of rotatable bonds is 3. The zero-order valence-electron chi connectivity index (χ0n) is 7.66. The standard InChI is InChI=1S/C9H13N3O/c1-13-8-4-7(5-10)11-9(12-8)6-2-3-6/h4,6H,2-3,5,10H2,1H3. The molecule has 1 aliphatic carbocycles. The van der Waals surface area contributed by atoms with Gasteiger partial charge in [0.05, 0.1) is 12.8 Å². The molecule has 0 spiro atoms. The fourth-order valence-electron chi connectivity index (χ4n) is 1.23. The van der Waals surface area contributed by atoms with Crippen LogP contribution < -0.4 is 10.5 Å². The van der Waals surface area contributed by atoms with Crippen LogP contribution in [-0.2, 0) is 6.54 Å². The second-order valence-corrected chi connectivity index (χ2v) is 3.24. The average Bonchev–Trinajstić information content (AvgIpc) is 3.00. The number of hydrogen-bond donors (Lipinski definition) is 1. The summed E-state index contributed by atoms with van der Waals surface area (Å²) in [6, 6.07) is 1.78. The van der Waals surface area contributed by atoms with Gasteiger partial charge in [0.25, 0.3) is 0 Å². The van der Waals surface area contributed by atoms with Crippen LogP contribution in [0.15, 0.2) is 6.07 Å². The summed E-state index contributed by atoms with van der Waals surface area (Å²) in [5, 5.41) is 0. The van der Waals surface area contributed by atoms with Gasteiger partial charge in [0.2, 0.25) is 5.88 Å². The minimum Gasteiger partial charge on any atom is -0.481 e. The highest BCUT2D eigenvalue weighted by atomic mass is 16.5. The Morgan fingerprint density at radius 3 is 2.85 bits per heavy atom. The number of nitrogens with zero attached hydrogens (tertiary/aromatic N) is 2. The van der Waals surface area contributed by atoms with E-state index in [4.69, 9.17) is 10.5 Å². The zero-order valence-corrected chi connectivity index (χ0v) is 7.66. The maximum atomic E-state index is 5.52. The normalized spacial score (nSPS) is 15.8. The molecule has 0 unspecified atom stereocenters. The molecule has 0 saturated heterocycles. The van der Waals surface area contributed by atoms with Gasteiger partial charge in [-0.25, -0.2) is 4.98 Å². The molecule has 1 fully saturated rings. The Morgan fingerprint density at radius 2 is 2.31 bits per heavy atom. The van der Waals surface area contributed by atoms with Crippen molar-refractivity contribution < 1.29 is 4.74 Å². The van der Waals surface area contributed by atoms with E-state index < -0.39 is 0 Å². The minimum atomic E-state index is 0.443. The SMILES string of the molecule is COc1cc(CN)nc(C2CC2)n1. The number of hydrogen-bond acceptors (Lipinski definition) is 4. The molecule has 0 bridgehead atoms. The lowest BCUT2D eigenvalue weighted by Crippen LogP contribution is -2.05. The van der Waals surface area contributed by atoms with Crippen LogP contribution in [0.1, 0.15) is 30.3 Å². The van der Waals surface area contributed by atoms with Gasteiger partial charge in [0.1, 0.15) is 5.82 Å². The highest BCUT2D eigenvalue weighted by Crippen LogP contribution is 2.38. The number of methoxy groups -OCH3 is 1. The van der Waals surface area contributed by atoms with E-state index in [0.717, 1.165) is 11.5 Å². The quantitative estimate of drug-likeness (QED) is 0.746. The molecular formula is C9H13N3O. The van der Waals surface area contributed by atoms with Gasteiger partial charge in [-0.05, 0) is 12.8 Å². The summed E-state index contributed by atoms with van der Waals surface area (Å²) in [6.45, 7) is 0.443. The summed E-state index contributed by atoms with van der Waals surface area (Å²) in [6.07, 6.45) is 2.38. The van der Waals surface area contributed by atoms with Gasteiger partial charge in [-0.15, -0.1) is 0 Å². The fourth-order valence-corrected chi connectivity index (χ4v) is 1.23. The lowest BCUT2D eigenvalue weighted by atomic mass is 10.3. The third kappa shape index (κ3) is 1.78. The molecule has 1 aromatic rings. The molecular weight excluding hydrogens is 166 g/mol. The van der Waals surface area contributed by atoms with Gasteiger partial charge >= 0.3 is 0 Å². The van der Waals surface area contributed by atoms with E-state index in [9.17, 15) is 0 Å². The molecule has 0 radical (unpaired) electrons. The average molecular weight is 179 g/mol. The van der Waals surface area contributed by atoms with Crippen molar-refractivity contribution in [1.82, 2.24) is 9.97 Å². The van der Waals surface area contributed by atoms with Crippen molar-refractivity contribution in [3.8, 4) is 5.88 Å². The van der Waals surface area contributed by atoms with Crippen molar-refractivity contribution in [3.63, 3.8) is 0 Å². The van der Waals surface area contributed by atoms with E-state index in [0.29, 0.717) is 18.3 Å². The largest absolute Gasteiger partial charge is 0.481 e. The highest BCUT2D eigenvalue weighted by molar-refractivity contribution is 5.19. The first kappa shape index (κ1) is 8.44. The van der Waals surface area contributed by atoms with E-state index in [-0.39, 0.29) is 0 Å². The zero-order chi connectivity index (χ0) is 9.26. The molecule has 0 atom stereocenters. The van der Waals surface area contributed by atoms with Crippen LogP contribution in [0.3, 0.4) is 0 Å². The first-order chi connectivity index (χ1) is 6.33. The molecule has 2 N–H and O–H groups in total. The second kappa shape index (κ2) is 3.30. The smallest absolute Gasteiger partial charge is 0.216 e. The van der Waals surface area contributed by atoms with Crippen LogP contribution in [-0.4, -0.2) is 17.1 Å². The topological polar surface area (TPSA) is 61.0 Å². The van der Waals surface area contributed by atoms with Gasteiger partial charge in [0.15, 0.2) is 0 Å². The van der Waals surface area contributed by atoms with Crippen LogP contribution in [0.2, 0.25) is 0 Å². The molecule has 0 amide bonds. The predicted molar refractivity (Wildman–Crippen MR) is 48.5 cm³/mol. The molecule has 4 nitrogen and oxygen atoms in total. The third-order valence-electron chi connectivity index (χ3n) is 2.13. The van der Waals surface area contributed by atoms with E-state index in [2.05, 4.69) is 9.97 Å². The van der Waals surface area contributed by atoms with Crippen molar-refractivity contribution in [2.24, 2.45) is 5.73 Å². The van der Waals surface area contributed by atoms with Crippen LogP contribution in [0, 0.1) is 0 Å². The molecule has 1 aliphatic rings. The van der Waals surface area contributed by atoms with E-state index in [1.54, 1.807) is 13.2 Å². The Labute approximate surface area is 77.1 Å². The lowest BCUT2D eigenvalue weighted by Gasteiger charge is -2.04. The molecule has 13 heavy (non-hydrogen) atoms. The van der Waals surface area contributed by atoms with Crippen molar-refractivity contribution in [3.05, 3.63) is 17.6 Å². The van der Waals surface area contributed by atoms with Crippen LogP contribution in [0.25, 0.3) is 0 Å². The Balaban J connectivity index is 2.33.